The van der Waals surface area contributed by atoms with Gasteiger partial charge in [0.25, 0.3) is 5.91 Å². The number of halogens is 1. The maximum atomic E-state index is 12.2. The van der Waals surface area contributed by atoms with Crippen LogP contribution in [-0.2, 0) is 6.54 Å². The predicted octanol–water partition coefficient (Wildman–Crippen LogP) is 2.52. The Morgan fingerprint density at radius 2 is 2.32 bits per heavy atom. The Morgan fingerprint density at radius 3 is 3.05 bits per heavy atom. The zero-order chi connectivity index (χ0) is 15.5. The van der Waals surface area contributed by atoms with Crippen molar-refractivity contribution in [1.29, 1.82) is 0 Å². The Hall–Kier alpha value is -2.49. The second kappa shape index (κ2) is 6.10. The van der Waals surface area contributed by atoms with Gasteiger partial charge < -0.3 is 4.57 Å². The van der Waals surface area contributed by atoms with Crippen molar-refractivity contribution in [2.24, 2.45) is 4.99 Å². The van der Waals surface area contributed by atoms with E-state index in [0.717, 1.165) is 10.2 Å². The molecule has 0 aliphatic carbocycles. The average molecular weight is 329 g/mol. The van der Waals surface area contributed by atoms with Crippen LogP contribution in [0.4, 0.5) is 0 Å². The lowest BCUT2D eigenvalue weighted by Crippen LogP contribution is -2.16. The van der Waals surface area contributed by atoms with Crippen LogP contribution in [0.2, 0.25) is 5.02 Å². The molecule has 0 saturated carbocycles. The van der Waals surface area contributed by atoms with Crippen molar-refractivity contribution in [3.05, 3.63) is 52.3 Å². The van der Waals surface area contributed by atoms with Gasteiger partial charge >= 0.3 is 0 Å². The summed E-state index contributed by atoms with van der Waals surface area (Å²) >= 11 is 7.35. The summed E-state index contributed by atoms with van der Waals surface area (Å²) in [7, 11) is 0. The molecule has 0 N–H and O–H groups in total. The number of carbonyl (C=O) groups is 1. The van der Waals surface area contributed by atoms with Crippen LogP contribution in [-0.4, -0.2) is 20.4 Å². The first kappa shape index (κ1) is 14.4. The molecule has 5 nitrogen and oxygen atoms in total. The third-order valence-electron chi connectivity index (χ3n) is 2.87. The van der Waals surface area contributed by atoms with E-state index in [1.54, 1.807) is 10.6 Å². The standard InChI is InChI=1S/C15H9ClN4OS/c1-2-7-20-12-4-3-10(16)8-13(12)22-15(20)19-14(21)11-9-17-5-6-18-11/h1,3-6,8-9H,7H2. The molecule has 1 amide bonds. The van der Waals surface area contributed by atoms with Gasteiger partial charge in [-0.3, -0.25) is 9.78 Å². The summed E-state index contributed by atoms with van der Waals surface area (Å²) < 4.78 is 2.71. The molecular formula is C15H9ClN4OS. The summed E-state index contributed by atoms with van der Waals surface area (Å²) in [6.07, 6.45) is 9.73. The minimum absolute atomic E-state index is 0.185. The molecule has 0 atom stereocenters. The van der Waals surface area contributed by atoms with E-state index in [9.17, 15) is 4.79 Å². The minimum atomic E-state index is -0.462. The first-order chi connectivity index (χ1) is 10.7. The van der Waals surface area contributed by atoms with Gasteiger partial charge in [-0.15, -0.1) is 6.42 Å². The Labute approximate surface area is 134 Å². The fraction of sp³-hybridized carbons (Fsp3) is 0.0667. The van der Waals surface area contributed by atoms with Crippen molar-refractivity contribution in [2.75, 3.05) is 0 Å². The molecule has 0 fully saturated rings. The summed E-state index contributed by atoms with van der Waals surface area (Å²) in [6, 6.07) is 5.45. The lowest BCUT2D eigenvalue weighted by molar-refractivity contribution is 0.0993. The largest absolute Gasteiger partial charge is 0.305 e. The fourth-order valence-corrected chi connectivity index (χ4v) is 3.23. The lowest BCUT2D eigenvalue weighted by atomic mass is 10.3. The van der Waals surface area contributed by atoms with Gasteiger partial charge in [-0.1, -0.05) is 28.9 Å². The smallest absolute Gasteiger partial charge is 0.299 e. The molecule has 108 valence electrons. The van der Waals surface area contributed by atoms with Gasteiger partial charge in [-0.05, 0) is 18.2 Å². The number of carbonyl (C=O) groups excluding carboxylic acids is 1. The van der Waals surface area contributed by atoms with Gasteiger partial charge in [0.15, 0.2) is 4.80 Å². The number of benzene rings is 1. The minimum Gasteiger partial charge on any atom is -0.305 e. The molecule has 0 unspecified atom stereocenters. The van der Waals surface area contributed by atoms with Crippen molar-refractivity contribution in [2.45, 2.75) is 6.54 Å². The molecular weight excluding hydrogens is 320 g/mol. The molecule has 0 aliphatic rings. The molecule has 22 heavy (non-hydrogen) atoms. The van der Waals surface area contributed by atoms with Crippen molar-refractivity contribution in [3.8, 4) is 12.3 Å². The topological polar surface area (TPSA) is 60.1 Å². The second-order valence-electron chi connectivity index (χ2n) is 4.29. The molecule has 2 heterocycles. The van der Waals surface area contributed by atoms with Crippen LogP contribution in [0.25, 0.3) is 10.2 Å². The molecule has 2 aromatic heterocycles. The van der Waals surface area contributed by atoms with Crippen LogP contribution in [0.5, 0.6) is 0 Å². The Bertz CT molecular complexity index is 953. The molecule has 0 bridgehead atoms. The summed E-state index contributed by atoms with van der Waals surface area (Å²) in [5.41, 5.74) is 1.07. The van der Waals surface area contributed by atoms with E-state index in [1.165, 1.54) is 29.9 Å². The fourth-order valence-electron chi connectivity index (χ4n) is 1.93. The summed E-state index contributed by atoms with van der Waals surface area (Å²) in [6.45, 7) is 0.314. The van der Waals surface area contributed by atoms with Crippen LogP contribution in [0.3, 0.4) is 0 Å². The van der Waals surface area contributed by atoms with Gasteiger partial charge in [0.05, 0.1) is 23.0 Å². The first-order valence-corrected chi connectivity index (χ1v) is 7.46. The summed E-state index contributed by atoms with van der Waals surface area (Å²) in [5.74, 6) is 2.11. The second-order valence-corrected chi connectivity index (χ2v) is 5.74. The predicted molar refractivity (Wildman–Crippen MR) is 85.6 cm³/mol. The van der Waals surface area contributed by atoms with Crippen molar-refractivity contribution < 1.29 is 4.79 Å². The van der Waals surface area contributed by atoms with Crippen LogP contribution in [0, 0.1) is 12.3 Å². The highest BCUT2D eigenvalue weighted by Crippen LogP contribution is 2.21. The van der Waals surface area contributed by atoms with E-state index in [2.05, 4.69) is 20.9 Å². The van der Waals surface area contributed by atoms with Crippen LogP contribution >= 0.6 is 22.9 Å². The van der Waals surface area contributed by atoms with E-state index in [0.29, 0.717) is 16.4 Å². The van der Waals surface area contributed by atoms with Crippen LogP contribution in [0.1, 0.15) is 10.5 Å². The molecule has 0 radical (unpaired) electrons. The number of terminal acetylenes is 1. The van der Waals surface area contributed by atoms with Crippen molar-refractivity contribution in [3.63, 3.8) is 0 Å². The molecule has 7 heteroatoms. The highest BCUT2D eigenvalue weighted by molar-refractivity contribution is 7.16. The number of hydrogen-bond acceptors (Lipinski definition) is 4. The third-order valence-corrected chi connectivity index (χ3v) is 4.15. The van der Waals surface area contributed by atoms with Crippen molar-refractivity contribution >= 4 is 39.1 Å². The molecule has 0 saturated heterocycles. The number of rotatable bonds is 2. The van der Waals surface area contributed by atoms with Gasteiger partial charge in [0, 0.05) is 17.4 Å². The van der Waals surface area contributed by atoms with Gasteiger partial charge in [0.1, 0.15) is 5.69 Å². The van der Waals surface area contributed by atoms with Crippen molar-refractivity contribution in [1.82, 2.24) is 14.5 Å². The number of thiazole rings is 1. The van der Waals surface area contributed by atoms with E-state index in [4.69, 9.17) is 18.0 Å². The van der Waals surface area contributed by atoms with Crippen LogP contribution in [0.15, 0.2) is 41.8 Å². The Morgan fingerprint density at radius 1 is 1.45 bits per heavy atom. The zero-order valence-electron chi connectivity index (χ0n) is 11.2. The first-order valence-electron chi connectivity index (χ1n) is 6.26. The van der Waals surface area contributed by atoms with E-state index in [-0.39, 0.29) is 5.69 Å². The molecule has 3 rings (SSSR count). The monoisotopic (exact) mass is 328 g/mol. The Balaban J connectivity index is 2.17. The normalized spacial score (nSPS) is 11.5. The van der Waals surface area contributed by atoms with E-state index in [1.807, 2.05) is 12.1 Å². The molecule has 0 spiro atoms. The lowest BCUT2D eigenvalue weighted by Gasteiger charge is -1.99. The van der Waals surface area contributed by atoms with E-state index >= 15 is 0 Å². The third kappa shape index (κ3) is 2.77. The molecule has 1 aromatic carbocycles. The number of aromatic nitrogens is 3. The van der Waals surface area contributed by atoms with Crippen LogP contribution < -0.4 is 4.80 Å². The summed E-state index contributed by atoms with van der Waals surface area (Å²) in [5, 5.41) is 0.619. The van der Waals surface area contributed by atoms with E-state index < -0.39 is 5.91 Å². The van der Waals surface area contributed by atoms with Gasteiger partial charge in [-0.25, -0.2) is 4.98 Å². The van der Waals surface area contributed by atoms with Gasteiger partial charge in [0.2, 0.25) is 0 Å². The molecule has 0 aliphatic heterocycles. The number of fused-ring (bicyclic) bond motifs is 1. The highest BCUT2D eigenvalue weighted by Gasteiger charge is 2.10. The summed E-state index contributed by atoms with van der Waals surface area (Å²) in [4.78, 5) is 24.6. The quantitative estimate of drug-likeness (QED) is 0.679. The highest BCUT2D eigenvalue weighted by atomic mass is 35.5. The van der Waals surface area contributed by atoms with Gasteiger partial charge in [-0.2, -0.15) is 4.99 Å². The molecule has 3 aromatic rings. The number of hydrogen-bond donors (Lipinski definition) is 0. The number of amides is 1. The maximum Gasteiger partial charge on any atom is 0.299 e. The zero-order valence-corrected chi connectivity index (χ0v) is 12.8. The SMILES string of the molecule is C#CCn1c(=NC(=O)c2cnccn2)sc2cc(Cl)ccc21. The maximum absolute atomic E-state index is 12.2. The number of nitrogens with zero attached hydrogens (tertiary/aromatic N) is 4. The Kier molecular flexibility index (Phi) is 4.00. The average Bonchev–Trinajstić information content (AvgIpc) is 2.85.